The second-order valence-electron chi connectivity index (χ2n) is 9.07. The Morgan fingerprint density at radius 2 is 1.82 bits per heavy atom. The summed E-state index contributed by atoms with van der Waals surface area (Å²) >= 11 is 4.82. The van der Waals surface area contributed by atoms with Crippen molar-refractivity contribution < 1.29 is 9.13 Å². The van der Waals surface area contributed by atoms with Crippen molar-refractivity contribution in [2.45, 2.75) is 31.4 Å². The van der Waals surface area contributed by atoms with Gasteiger partial charge in [0.05, 0.1) is 11.9 Å². The molecular weight excluding hydrogens is 451 g/mol. The molecular formula is C25H33FN6OS. The van der Waals surface area contributed by atoms with Gasteiger partial charge in [-0.25, -0.2) is 4.39 Å². The summed E-state index contributed by atoms with van der Waals surface area (Å²) in [6, 6.07) is 13.9. The van der Waals surface area contributed by atoms with Gasteiger partial charge in [-0.2, -0.15) is 5.10 Å². The van der Waals surface area contributed by atoms with Gasteiger partial charge in [0.25, 0.3) is 0 Å². The fraction of sp³-hybridized carbons (Fsp3) is 0.440. The molecule has 2 aliphatic rings. The smallest absolute Gasteiger partial charge is 0.184 e. The molecule has 0 saturated carbocycles. The van der Waals surface area contributed by atoms with E-state index >= 15 is 4.39 Å². The predicted octanol–water partition coefficient (Wildman–Crippen LogP) is 3.18. The van der Waals surface area contributed by atoms with Crippen LogP contribution in [-0.4, -0.2) is 68.6 Å². The molecule has 7 nitrogen and oxygen atoms in total. The molecule has 9 heteroatoms. The van der Waals surface area contributed by atoms with Crippen molar-refractivity contribution in [3.8, 4) is 5.75 Å². The Hall–Kier alpha value is -2.91. The molecule has 182 valence electrons. The first-order valence-corrected chi connectivity index (χ1v) is 12.1. The molecule has 0 amide bonds. The first-order valence-electron chi connectivity index (χ1n) is 11.7. The van der Waals surface area contributed by atoms with Crippen LogP contribution >= 0.6 is 12.2 Å². The van der Waals surface area contributed by atoms with Crippen molar-refractivity contribution in [2.75, 3.05) is 50.1 Å². The van der Waals surface area contributed by atoms with Crippen LogP contribution in [0.2, 0.25) is 0 Å². The van der Waals surface area contributed by atoms with E-state index in [9.17, 15) is 0 Å². The van der Waals surface area contributed by atoms with E-state index < -0.39 is 0 Å². The Morgan fingerprint density at radius 3 is 2.47 bits per heavy atom. The molecule has 34 heavy (non-hydrogen) atoms. The number of thiocarbonyl (C=S) groups is 1. The maximum Gasteiger partial charge on any atom is 0.184 e. The quantitative estimate of drug-likeness (QED) is 0.355. The molecule has 2 saturated heterocycles. The number of nitrogens with zero attached hydrogens (tertiary/aromatic N) is 4. The van der Waals surface area contributed by atoms with Crippen LogP contribution in [0.3, 0.4) is 0 Å². The first-order chi connectivity index (χ1) is 16.4. The summed E-state index contributed by atoms with van der Waals surface area (Å²) in [6.45, 7) is 3.27. The molecule has 2 aromatic carbocycles. The number of likely N-dealkylation sites (N-methyl/N-ethyl adjacent to an activating group) is 1. The zero-order chi connectivity index (χ0) is 24.1. The second-order valence-corrected chi connectivity index (χ2v) is 9.51. The number of para-hydroxylation sites is 1. The topological polar surface area (TPSA) is 69.4 Å². The van der Waals surface area contributed by atoms with Crippen molar-refractivity contribution in [2.24, 2.45) is 10.8 Å². The Balaban J connectivity index is 1.52. The van der Waals surface area contributed by atoms with Crippen LogP contribution in [-0.2, 0) is 0 Å². The third-order valence-corrected chi connectivity index (χ3v) is 6.63. The lowest BCUT2D eigenvalue weighted by atomic mass is 10.0. The van der Waals surface area contributed by atoms with Crippen molar-refractivity contribution in [3.63, 3.8) is 0 Å². The predicted molar refractivity (Wildman–Crippen MR) is 141 cm³/mol. The van der Waals surface area contributed by atoms with Crippen LogP contribution in [0.4, 0.5) is 15.8 Å². The minimum absolute atomic E-state index is 0.0735. The molecule has 2 aliphatic heterocycles. The zero-order valence-corrected chi connectivity index (χ0v) is 20.6. The number of hydrazone groups is 1. The van der Waals surface area contributed by atoms with Gasteiger partial charge in [-0.1, -0.05) is 18.2 Å². The number of rotatable bonds is 7. The number of hydrogen-bond donors (Lipinski definition) is 2. The Bertz CT molecular complexity index is 1010. The number of benzene rings is 2. The van der Waals surface area contributed by atoms with Crippen LogP contribution in [0.5, 0.6) is 5.75 Å². The van der Waals surface area contributed by atoms with E-state index in [0.29, 0.717) is 17.3 Å². The number of halogens is 1. The van der Waals surface area contributed by atoms with Gasteiger partial charge in [-0.3, -0.25) is 5.43 Å². The van der Waals surface area contributed by atoms with Crippen LogP contribution < -0.4 is 25.7 Å². The van der Waals surface area contributed by atoms with Crippen LogP contribution in [0.25, 0.3) is 0 Å². The average molecular weight is 485 g/mol. The van der Waals surface area contributed by atoms with Gasteiger partial charge in [-0.15, -0.1) is 0 Å². The molecule has 0 bridgehead atoms. The second kappa shape index (κ2) is 11.0. The summed E-state index contributed by atoms with van der Waals surface area (Å²) in [4.78, 5) is 6.67. The highest BCUT2D eigenvalue weighted by atomic mass is 32.1. The highest BCUT2D eigenvalue weighted by Crippen LogP contribution is 2.33. The lowest BCUT2D eigenvalue weighted by molar-refractivity contribution is 0.170. The average Bonchev–Trinajstić information content (AvgIpc) is 3.31. The van der Waals surface area contributed by atoms with Crippen molar-refractivity contribution in [3.05, 3.63) is 53.8 Å². The third kappa shape index (κ3) is 5.95. The van der Waals surface area contributed by atoms with E-state index in [0.717, 1.165) is 56.9 Å². The molecule has 2 aromatic rings. The SMILES string of the molecule is CN(C)[C@@H]1CCN(c2cc(N3CCC(Oc4ccccc4)CC3)c(F)cc2/C=N/NC(N)=S)C1. The van der Waals surface area contributed by atoms with Crippen LogP contribution in [0.1, 0.15) is 24.8 Å². The molecule has 0 radical (unpaired) electrons. The highest BCUT2D eigenvalue weighted by molar-refractivity contribution is 7.80. The molecule has 0 unspecified atom stereocenters. The third-order valence-electron chi connectivity index (χ3n) is 6.54. The van der Waals surface area contributed by atoms with E-state index in [2.05, 4.69) is 39.3 Å². The normalized spacial score (nSPS) is 19.2. The van der Waals surface area contributed by atoms with Gasteiger partial charge in [-0.05, 0) is 57.0 Å². The lowest BCUT2D eigenvalue weighted by Gasteiger charge is -2.35. The maximum absolute atomic E-state index is 15.3. The Labute approximate surface area is 206 Å². The number of nitrogens with one attached hydrogen (secondary N) is 1. The molecule has 1 atom stereocenters. The molecule has 4 rings (SSSR count). The van der Waals surface area contributed by atoms with E-state index in [1.165, 1.54) is 0 Å². The summed E-state index contributed by atoms with van der Waals surface area (Å²) in [6.07, 6.45) is 4.47. The minimum Gasteiger partial charge on any atom is -0.490 e. The monoisotopic (exact) mass is 484 g/mol. The molecule has 2 fully saturated rings. The summed E-state index contributed by atoms with van der Waals surface area (Å²) < 4.78 is 21.4. The summed E-state index contributed by atoms with van der Waals surface area (Å²) in [5, 5.41) is 4.16. The van der Waals surface area contributed by atoms with Gasteiger partial charge >= 0.3 is 0 Å². The fourth-order valence-electron chi connectivity index (χ4n) is 4.64. The van der Waals surface area contributed by atoms with E-state index in [-0.39, 0.29) is 17.0 Å². The van der Waals surface area contributed by atoms with Gasteiger partial charge in [0, 0.05) is 56.3 Å². The van der Waals surface area contributed by atoms with E-state index in [1.807, 2.05) is 36.4 Å². The minimum atomic E-state index is -0.258. The number of anilines is 2. The number of nitrogens with two attached hydrogens (primary N) is 1. The summed E-state index contributed by atoms with van der Waals surface area (Å²) in [5.41, 5.74) is 10.3. The van der Waals surface area contributed by atoms with Gasteiger partial charge < -0.3 is 25.2 Å². The number of hydrogen-bond acceptors (Lipinski definition) is 6. The Morgan fingerprint density at radius 1 is 1.12 bits per heavy atom. The molecule has 2 heterocycles. The molecule has 0 aliphatic carbocycles. The van der Waals surface area contributed by atoms with E-state index in [1.54, 1.807) is 12.3 Å². The number of piperidine rings is 1. The standard InChI is InChI=1S/C25H33FN6OS/c1-30(2)19-8-11-32(17-19)23-15-24(22(26)14-18(23)16-28-29-25(27)34)31-12-9-21(10-13-31)33-20-6-4-3-5-7-20/h3-7,14-16,19,21H,8-13,17H2,1-2H3,(H3,27,29,34)/b28-16+/t19-/m1/s1. The molecule has 0 spiro atoms. The van der Waals surface area contributed by atoms with Crippen molar-refractivity contribution >= 4 is 34.9 Å². The summed E-state index contributed by atoms with van der Waals surface area (Å²) in [5.74, 6) is 0.624. The number of ether oxygens (including phenoxy) is 1. The van der Waals surface area contributed by atoms with Crippen molar-refractivity contribution in [1.29, 1.82) is 0 Å². The highest BCUT2D eigenvalue weighted by Gasteiger charge is 2.28. The lowest BCUT2D eigenvalue weighted by Crippen LogP contribution is -2.39. The maximum atomic E-state index is 15.3. The largest absolute Gasteiger partial charge is 0.490 e. The zero-order valence-electron chi connectivity index (χ0n) is 19.8. The van der Waals surface area contributed by atoms with E-state index in [4.69, 9.17) is 22.7 Å². The van der Waals surface area contributed by atoms with Crippen molar-refractivity contribution in [1.82, 2.24) is 10.3 Å². The Kier molecular flexibility index (Phi) is 7.84. The van der Waals surface area contributed by atoms with Gasteiger partial charge in [0.15, 0.2) is 5.11 Å². The van der Waals surface area contributed by atoms with Crippen LogP contribution in [0.15, 0.2) is 47.6 Å². The first kappa shape index (κ1) is 24.2. The molecule has 0 aromatic heterocycles. The summed E-state index contributed by atoms with van der Waals surface area (Å²) in [7, 11) is 4.20. The van der Waals surface area contributed by atoms with Gasteiger partial charge in [0.2, 0.25) is 0 Å². The molecule has 3 N–H and O–H groups in total. The van der Waals surface area contributed by atoms with Gasteiger partial charge in [0.1, 0.15) is 17.7 Å². The van der Waals surface area contributed by atoms with Crippen LogP contribution in [0, 0.1) is 5.82 Å². The fourth-order valence-corrected chi connectivity index (χ4v) is 4.69.